The highest BCUT2D eigenvalue weighted by atomic mass is 16.4. The summed E-state index contributed by atoms with van der Waals surface area (Å²) in [5.74, 6) is -0.485. The molecular formula is C15H23NO2. The number of hydrogen-bond donors (Lipinski definition) is 2. The van der Waals surface area contributed by atoms with Crippen LogP contribution in [0.5, 0.6) is 0 Å². The summed E-state index contributed by atoms with van der Waals surface area (Å²) in [5, 5.41) is 12.3. The van der Waals surface area contributed by atoms with Crippen molar-refractivity contribution in [2.75, 3.05) is 6.54 Å². The van der Waals surface area contributed by atoms with Gasteiger partial charge in [-0.2, -0.15) is 0 Å². The molecule has 3 nitrogen and oxygen atoms in total. The zero-order valence-electron chi connectivity index (χ0n) is 11.2. The van der Waals surface area contributed by atoms with Gasteiger partial charge < -0.3 is 10.4 Å². The first-order valence-electron chi connectivity index (χ1n) is 6.63. The third-order valence-corrected chi connectivity index (χ3v) is 3.17. The van der Waals surface area contributed by atoms with E-state index in [1.807, 2.05) is 18.2 Å². The molecule has 2 N–H and O–H groups in total. The van der Waals surface area contributed by atoms with Gasteiger partial charge in [-0.25, -0.2) is 0 Å². The first kappa shape index (κ1) is 14.7. The Bertz CT molecular complexity index is 351. The van der Waals surface area contributed by atoms with Crippen LogP contribution in [-0.4, -0.2) is 17.6 Å². The van der Waals surface area contributed by atoms with E-state index in [0.717, 1.165) is 19.4 Å². The molecular weight excluding hydrogens is 226 g/mol. The molecule has 0 aliphatic heterocycles. The summed E-state index contributed by atoms with van der Waals surface area (Å²) in [6, 6.07) is 10.5. The Morgan fingerprint density at radius 3 is 2.56 bits per heavy atom. The zero-order valence-corrected chi connectivity index (χ0v) is 11.2. The predicted octanol–water partition coefficient (Wildman–Crippen LogP) is 3.23. The predicted molar refractivity (Wildman–Crippen MR) is 73.5 cm³/mol. The van der Waals surface area contributed by atoms with Crippen LogP contribution in [0.15, 0.2) is 30.3 Å². The van der Waals surface area contributed by atoms with Crippen molar-refractivity contribution in [2.24, 2.45) is 5.92 Å². The van der Waals surface area contributed by atoms with Gasteiger partial charge in [0.25, 0.3) is 0 Å². The van der Waals surface area contributed by atoms with E-state index in [0.29, 0.717) is 0 Å². The van der Waals surface area contributed by atoms with Gasteiger partial charge in [-0.3, -0.25) is 4.79 Å². The van der Waals surface area contributed by atoms with Crippen molar-refractivity contribution in [3.63, 3.8) is 0 Å². The van der Waals surface area contributed by atoms with E-state index in [1.165, 1.54) is 5.56 Å². The first-order valence-corrected chi connectivity index (χ1v) is 6.63. The maximum Gasteiger partial charge on any atom is 0.303 e. The summed E-state index contributed by atoms with van der Waals surface area (Å²) in [5.41, 5.74) is 1.24. The summed E-state index contributed by atoms with van der Waals surface area (Å²) in [7, 11) is 0. The Balaban J connectivity index is 2.44. The first-order chi connectivity index (χ1) is 8.63. The van der Waals surface area contributed by atoms with Crippen LogP contribution in [0, 0.1) is 5.92 Å². The molecule has 0 aliphatic rings. The van der Waals surface area contributed by atoms with E-state index in [-0.39, 0.29) is 18.4 Å². The minimum Gasteiger partial charge on any atom is -0.481 e. The third kappa shape index (κ3) is 5.32. The van der Waals surface area contributed by atoms with Crippen molar-refractivity contribution in [1.29, 1.82) is 0 Å². The molecule has 1 aromatic rings. The summed E-state index contributed by atoms with van der Waals surface area (Å²) >= 11 is 0. The van der Waals surface area contributed by atoms with Crippen LogP contribution in [-0.2, 0) is 4.79 Å². The molecule has 1 rings (SSSR count). The van der Waals surface area contributed by atoms with Gasteiger partial charge in [-0.15, -0.1) is 0 Å². The van der Waals surface area contributed by atoms with E-state index >= 15 is 0 Å². The Kier molecular flexibility index (Phi) is 6.44. The molecule has 1 aromatic carbocycles. The Hall–Kier alpha value is -1.35. The summed E-state index contributed by atoms with van der Waals surface area (Å²) in [6.45, 7) is 4.96. The molecule has 0 fully saturated rings. The molecule has 0 aromatic heterocycles. The normalized spacial score (nSPS) is 14.1. The Labute approximate surface area is 109 Å². The maximum atomic E-state index is 10.8. The summed E-state index contributed by atoms with van der Waals surface area (Å²) < 4.78 is 0. The molecule has 0 amide bonds. The third-order valence-electron chi connectivity index (χ3n) is 3.17. The van der Waals surface area contributed by atoms with Crippen LogP contribution in [0.25, 0.3) is 0 Å². The van der Waals surface area contributed by atoms with Crippen LogP contribution in [0.1, 0.15) is 44.7 Å². The van der Waals surface area contributed by atoms with Crippen LogP contribution >= 0.6 is 0 Å². The molecule has 0 spiro atoms. The van der Waals surface area contributed by atoms with Crippen molar-refractivity contribution in [2.45, 2.75) is 39.2 Å². The highest BCUT2D eigenvalue weighted by Crippen LogP contribution is 2.15. The average Bonchev–Trinajstić information content (AvgIpc) is 2.36. The molecule has 0 saturated carbocycles. The SMILES string of the molecule is CCC[C@H](CNC(C)c1ccccc1)CC(=O)O. The minimum atomic E-state index is -0.706. The fraction of sp³-hybridized carbons (Fsp3) is 0.533. The van der Waals surface area contributed by atoms with Crippen molar-refractivity contribution in [3.05, 3.63) is 35.9 Å². The highest BCUT2D eigenvalue weighted by molar-refractivity contribution is 5.67. The quantitative estimate of drug-likeness (QED) is 0.743. The van der Waals surface area contributed by atoms with Gasteiger partial charge in [0, 0.05) is 12.5 Å². The monoisotopic (exact) mass is 249 g/mol. The maximum absolute atomic E-state index is 10.8. The summed E-state index contributed by atoms with van der Waals surface area (Å²) in [4.78, 5) is 10.8. The van der Waals surface area contributed by atoms with Gasteiger partial charge in [-0.05, 0) is 31.4 Å². The van der Waals surface area contributed by atoms with Gasteiger partial charge in [0.2, 0.25) is 0 Å². The van der Waals surface area contributed by atoms with Crippen LogP contribution < -0.4 is 5.32 Å². The van der Waals surface area contributed by atoms with Crippen LogP contribution in [0.2, 0.25) is 0 Å². The lowest BCUT2D eigenvalue weighted by Gasteiger charge is -2.19. The molecule has 0 aliphatic carbocycles. The van der Waals surface area contributed by atoms with Gasteiger partial charge in [0.15, 0.2) is 0 Å². The lowest BCUT2D eigenvalue weighted by atomic mass is 9.99. The molecule has 18 heavy (non-hydrogen) atoms. The highest BCUT2D eigenvalue weighted by Gasteiger charge is 2.13. The molecule has 0 radical (unpaired) electrons. The molecule has 0 heterocycles. The number of carbonyl (C=O) groups is 1. The van der Waals surface area contributed by atoms with E-state index in [4.69, 9.17) is 5.11 Å². The van der Waals surface area contributed by atoms with E-state index in [2.05, 4.69) is 31.3 Å². The van der Waals surface area contributed by atoms with Gasteiger partial charge >= 0.3 is 5.97 Å². The number of carboxylic acid groups (broad SMARTS) is 1. The molecule has 2 atom stereocenters. The fourth-order valence-corrected chi connectivity index (χ4v) is 2.13. The molecule has 3 heteroatoms. The van der Waals surface area contributed by atoms with Gasteiger partial charge in [-0.1, -0.05) is 43.7 Å². The lowest BCUT2D eigenvalue weighted by Crippen LogP contribution is -2.27. The fourth-order valence-electron chi connectivity index (χ4n) is 2.13. The standard InChI is InChI=1S/C15H23NO2/c1-3-7-13(10-15(17)18)11-16-12(2)14-8-5-4-6-9-14/h4-6,8-9,12-13,16H,3,7,10-11H2,1-2H3,(H,17,18)/t12?,13-/m0/s1. The molecule has 1 unspecified atom stereocenters. The van der Waals surface area contributed by atoms with Crippen molar-refractivity contribution in [3.8, 4) is 0 Å². The largest absolute Gasteiger partial charge is 0.481 e. The van der Waals surface area contributed by atoms with Gasteiger partial charge in [0.05, 0.1) is 0 Å². The number of aliphatic carboxylic acids is 1. The van der Waals surface area contributed by atoms with E-state index in [9.17, 15) is 4.79 Å². The van der Waals surface area contributed by atoms with Crippen molar-refractivity contribution >= 4 is 5.97 Å². The lowest BCUT2D eigenvalue weighted by molar-refractivity contribution is -0.138. The number of carboxylic acids is 1. The number of hydrogen-bond acceptors (Lipinski definition) is 2. The Morgan fingerprint density at radius 1 is 1.33 bits per heavy atom. The van der Waals surface area contributed by atoms with Crippen LogP contribution in [0.3, 0.4) is 0 Å². The van der Waals surface area contributed by atoms with Crippen LogP contribution in [0.4, 0.5) is 0 Å². The van der Waals surface area contributed by atoms with Gasteiger partial charge in [0.1, 0.15) is 0 Å². The average molecular weight is 249 g/mol. The molecule has 0 saturated heterocycles. The van der Waals surface area contributed by atoms with E-state index in [1.54, 1.807) is 0 Å². The van der Waals surface area contributed by atoms with Crippen molar-refractivity contribution < 1.29 is 9.90 Å². The molecule has 0 bridgehead atoms. The number of nitrogens with one attached hydrogen (secondary N) is 1. The number of rotatable bonds is 8. The second-order valence-electron chi connectivity index (χ2n) is 4.79. The minimum absolute atomic E-state index is 0.221. The summed E-state index contributed by atoms with van der Waals surface area (Å²) in [6.07, 6.45) is 2.24. The number of benzene rings is 1. The smallest absolute Gasteiger partial charge is 0.303 e. The topological polar surface area (TPSA) is 49.3 Å². The van der Waals surface area contributed by atoms with E-state index < -0.39 is 5.97 Å². The second-order valence-corrected chi connectivity index (χ2v) is 4.79. The Morgan fingerprint density at radius 2 is 2.00 bits per heavy atom. The second kappa shape index (κ2) is 7.88. The zero-order chi connectivity index (χ0) is 13.4. The van der Waals surface area contributed by atoms with Crippen molar-refractivity contribution in [1.82, 2.24) is 5.32 Å². The molecule has 100 valence electrons.